The van der Waals surface area contributed by atoms with E-state index in [1.807, 2.05) is 0 Å². The number of rotatable bonds is 23. The van der Waals surface area contributed by atoms with E-state index in [4.69, 9.17) is 20.9 Å². The molecule has 0 radical (unpaired) electrons. The molecule has 0 aromatic heterocycles. The monoisotopic (exact) mass is 465 g/mol. The number of unbranched alkanes of at least 4 members (excludes halogenated alkanes) is 15. The molecule has 1 atom stereocenters. The van der Waals surface area contributed by atoms with Crippen molar-refractivity contribution >= 4 is 24.4 Å². The quantitative estimate of drug-likeness (QED) is 0.125. The van der Waals surface area contributed by atoms with E-state index in [9.17, 15) is 9.69 Å². The molecule has 0 aliphatic rings. The second-order valence-electron chi connectivity index (χ2n) is 8.24. The summed E-state index contributed by atoms with van der Waals surface area (Å²) in [5.41, 5.74) is 0. The summed E-state index contributed by atoms with van der Waals surface area (Å²) in [5.74, 6) is 0.183. The fourth-order valence-corrected chi connectivity index (χ4v) is 4.12. The van der Waals surface area contributed by atoms with Gasteiger partial charge in [-0.25, -0.2) is 0 Å². The Morgan fingerprint density at radius 3 is 1.80 bits per heavy atom. The van der Waals surface area contributed by atoms with Crippen LogP contribution in [0.25, 0.3) is 0 Å². The molecule has 0 saturated carbocycles. The largest absolute Gasteiger partial charge is 0.356 e. The summed E-state index contributed by atoms with van der Waals surface area (Å²) < 4.78 is 9.83. The molecule has 1 amide bonds. The SMILES string of the molecule is CCCCCCCCCCCCCCCC(=O)NCCCCCCOP(O)(=S)OC. The van der Waals surface area contributed by atoms with Crippen molar-refractivity contribution in [2.24, 2.45) is 0 Å². The molecule has 0 spiro atoms. The number of hydrogen-bond acceptors (Lipinski definition) is 4. The summed E-state index contributed by atoms with van der Waals surface area (Å²) in [4.78, 5) is 21.3. The maximum Gasteiger partial charge on any atom is 0.324 e. The lowest BCUT2D eigenvalue weighted by Crippen LogP contribution is -2.23. The standard InChI is InChI=1S/C23H48NO4PS/c1-3-4-5-6-7-8-9-10-11-12-13-14-17-20-23(25)24-21-18-15-16-19-22-28-29(26,30)27-2/h3-22H2,1-2H3,(H,24,25)(H,26,30). The lowest BCUT2D eigenvalue weighted by atomic mass is 10.0. The van der Waals surface area contributed by atoms with Gasteiger partial charge >= 0.3 is 6.72 Å². The first-order chi connectivity index (χ1) is 14.5. The van der Waals surface area contributed by atoms with Gasteiger partial charge in [0.1, 0.15) is 0 Å². The average molecular weight is 466 g/mol. The minimum Gasteiger partial charge on any atom is -0.356 e. The first kappa shape index (κ1) is 30.0. The summed E-state index contributed by atoms with van der Waals surface area (Å²) in [7, 11) is 1.36. The van der Waals surface area contributed by atoms with Gasteiger partial charge in [-0.3, -0.25) is 4.79 Å². The van der Waals surface area contributed by atoms with Crippen molar-refractivity contribution in [1.82, 2.24) is 5.32 Å². The van der Waals surface area contributed by atoms with Gasteiger partial charge in [-0.2, -0.15) is 0 Å². The molecule has 0 bridgehead atoms. The van der Waals surface area contributed by atoms with Crippen molar-refractivity contribution in [3.8, 4) is 0 Å². The summed E-state index contributed by atoms with van der Waals surface area (Å²) in [5, 5.41) is 3.01. The molecule has 0 saturated heterocycles. The predicted molar refractivity (Wildman–Crippen MR) is 131 cm³/mol. The van der Waals surface area contributed by atoms with Crippen molar-refractivity contribution in [2.45, 2.75) is 122 Å². The predicted octanol–water partition coefficient (Wildman–Crippen LogP) is 7.02. The topological polar surface area (TPSA) is 67.8 Å². The molecule has 1 unspecified atom stereocenters. The van der Waals surface area contributed by atoms with Crippen LogP contribution < -0.4 is 5.32 Å². The first-order valence-electron chi connectivity index (χ1n) is 12.3. The summed E-state index contributed by atoms with van der Waals surface area (Å²) in [6.07, 6.45) is 21.8. The normalized spacial score (nSPS) is 13.3. The number of amides is 1. The highest BCUT2D eigenvalue weighted by Crippen LogP contribution is 2.42. The van der Waals surface area contributed by atoms with Crippen LogP contribution in [0.3, 0.4) is 0 Å². The van der Waals surface area contributed by atoms with Crippen molar-refractivity contribution < 1.29 is 18.7 Å². The molecule has 180 valence electrons. The zero-order valence-electron chi connectivity index (χ0n) is 19.7. The lowest BCUT2D eigenvalue weighted by molar-refractivity contribution is -0.121. The van der Waals surface area contributed by atoms with E-state index in [0.29, 0.717) is 13.0 Å². The van der Waals surface area contributed by atoms with Crippen molar-refractivity contribution in [3.63, 3.8) is 0 Å². The number of carbonyl (C=O) groups excluding carboxylic acids is 1. The van der Waals surface area contributed by atoms with Crippen LogP contribution in [0.2, 0.25) is 0 Å². The van der Waals surface area contributed by atoms with Crippen LogP contribution in [0.4, 0.5) is 0 Å². The number of nitrogens with one attached hydrogen (secondary N) is 1. The summed E-state index contributed by atoms with van der Waals surface area (Å²) in [6.45, 7) is 0.435. The zero-order chi connectivity index (χ0) is 22.3. The van der Waals surface area contributed by atoms with Crippen LogP contribution >= 0.6 is 6.72 Å². The molecular formula is C23H48NO4PS. The van der Waals surface area contributed by atoms with Gasteiger partial charge in [0.25, 0.3) is 0 Å². The highest BCUT2D eigenvalue weighted by atomic mass is 32.5. The van der Waals surface area contributed by atoms with Gasteiger partial charge in [-0.1, -0.05) is 96.8 Å². The Kier molecular flexibility index (Phi) is 22.2. The minimum absolute atomic E-state index is 0.183. The molecule has 0 heterocycles. The Morgan fingerprint density at radius 2 is 1.27 bits per heavy atom. The van der Waals surface area contributed by atoms with E-state index in [0.717, 1.165) is 38.6 Å². The Bertz CT molecular complexity index is 437. The minimum atomic E-state index is -3.00. The maximum absolute atomic E-state index is 11.8. The molecule has 2 N–H and O–H groups in total. The third-order valence-electron chi connectivity index (χ3n) is 5.39. The van der Waals surface area contributed by atoms with Crippen LogP contribution in [-0.4, -0.2) is 31.1 Å². The number of carbonyl (C=O) groups is 1. The molecule has 0 aromatic carbocycles. The molecule has 0 aromatic rings. The molecule has 0 aliphatic heterocycles. The van der Waals surface area contributed by atoms with Gasteiger partial charge in [0.05, 0.1) is 6.61 Å². The molecular weight excluding hydrogens is 417 g/mol. The molecule has 0 fully saturated rings. The lowest BCUT2D eigenvalue weighted by Gasteiger charge is -2.12. The van der Waals surface area contributed by atoms with E-state index in [1.165, 1.54) is 84.2 Å². The molecule has 5 nitrogen and oxygen atoms in total. The second-order valence-corrected chi connectivity index (χ2v) is 11.2. The van der Waals surface area contributed by atoms with Crippen molar-refractivity contribution in [3.05, 3.63) is 0 Å². The average Bonchev–Trinajstić information content (AvgIpc) is 2.73. The Balaban J connectivity index is 3.23. The van der Waals surface area contributed by atoms with Crippen LogP contribution in [0.5, 0.6) is 0 Å². The number of hydrogen-bond donors (Lipinski definition) is 2. The van der Waals surface area contributed by atoms with E-state index in [-0.39, 0.29) is 5.91 Å². The van der Waals surface area contributed by atoms with Gasteiger partial charge in [0.15, 0.2) is 0 Å². The first-order valence-corrected chi connectivity index (χ1v) is 14.9. The second kappa shape index (κ2) is 22.2. The fourth-order valence-electron chi connectivity index (χ4n) is 3.43. The smallest absolute Gasteiger partial charge is 0.324 e. The van der Waals surface area contributed by atoms with Crippen LogP contribution in [0, 0.1) is 0 Å². The van der Waals surface area contributed by atoms with Gasteiger partial charge in [0, 0.05) is 20.1 Å². The Hall–Kier alpha value is -0.0000000000000000763. The van der Waals surface area contributed by atoms with Gasteiger partial charge in [0.2, 0.25) is 5.91 Å². The molecule has 0 aliphatic carbocycles. The van der Waals surface area contributed by atoms with E-state index >= 15 is 0 Å². The van der Waals surface area contributed by atoms with Gasteiger partial charge in [-0.05, 0) is 31.1 Å². The van der Waals surface area contributed by atoms with Crippen LogP contribution in [0.15, 0.2) is 0 Å². The third-order valence-corrected chi connectivity index (χ3v) is 7.12. The van der Waals surface area contributed by atoms with E-state index < -0.39 is 6.72 Å². The molecule has 30 heavy (non-hydrogen) atoms. The maximum atomic E-state index is 11.8. The Labute approximate surface area is 191 Å². The summed E-state index contributed by atoms with van der Waals surface area (Å²) >= 11 is 4.76. The zero-order valence-corrected chi connectivity index (χ0v) is 21.4. The highest BCUT2D eigenvalue weighted by molar-refractivity contribution is 8.07. The van der Waals surface area contributed by atoms with E-state index in [1.54, 1.807) is 0 Å². The highest BCUT2D eigenvalue weighted by Gasteiger charge is 2.10. The molecule has 0 rings (SSSR count). The van der Waals surface area contributed by atoms with Gasteiger partial charge < -0.3 is 19.3 Å². The summed E-state index contributed by atoms with van der Waals surface area (Å²) in [6, 6.07) is 0. The van der Waals surface area contributed by atoms with E-state index in [2.05, 4.69) is 12.2 Å². The molecule has 7 heteroatoms. The fraction of sp³-hybridized carbons (Fsp3) is 0.957. The van der Waals surface area contributed by atoms with Gasteiger partial charge in [-0.15, -0.1) is 0 Å². The van der Waals surface area contributed by atoms with Crippen LogP contribution in [0.1, 0.15) is 122 Å². The Morgan fingerprint density at radius 1 is 0.800 bits per heavy atom. The van der Waals surface area contributed by atoms with Crippen molar-refractivity contribution in [2.75, 3.05) is 20.3 Å². The third kappa shape index (κ3) is 22.7. The van der Waals surface area contributed by atoms with Crippen molar-refractivity contribution in [1.29, 1.82) is 0 Å². The van der Waals surface area contributed by atoms with Crippen LogP contribution in [-0.2, 0) is 25.6 Å².